The summed E-state index contributed by atoms with van der Waals surface area (Å²) >= 11 is 0. The number of carbonyl (C=O) groups excluding carboxylic acids is 1. The van der Waals surface area contributed by atoms with Crippen LogP contribution in [0.2, 0.25) is 0 Å². The average Bonchev–Trinajstić information content (AvgIpc) is 3.02. The van der Waals surface area contributed by atoms with Crippen molar-refractivity contribution in [2.75, 3.05) is 5.32 Å². The first-order valence-electron chi connectivity index (χ1n) is 8.10. The lowest BCUT2D eigenvalue weighted by Crippen LogP contribution is -2.11. The fraction of sp³-hybridized carbons (Fsp3) is 0.150. The van der Waals surface area contributed by atoms with E-state index in [9.17, 15) is 13.2 Å². The summed E-state index contributed by atoms with van der Waals surface area (Å²) in [5.41, 5.74) is 2.74. The summed E-state index contributed by atoms with van der Waals surface area (Å²) in [6, 6.07) is 16.9. The predicted octanol–water partition coefficient (Wildman–Crippen LogP) is 4.12. The van der Waals surface area contributed by atoms with Crippen LogP contribution in [-0.2, 0) is 15.6 Å². The van der Waals surface area contributed by atoms with Crippen LogP contribution in [0.15, 0.2) is 70.0 Å². The summed E-state index contributed by atoms with van der Waals surface area (Å²) in [6.45, 7) is 3.89. The molecule has 0 aliphatic carbocycles. The highest BCUT2D eigenvalue weighted by Crippen LogP contribution is 2.19. The van der Waals surface area contributed by atoms with E-state index in [2.05, 4.69) is 5.32 Å². The molecule has 0 spiro atoms. The lowest BCUT2D eigenvalue weighted by Gasteiger charge is -2.06. The van der Waals surface area contributed by atoms with Gasteiger partial charge in [0.2, 0.25) is 0 Å². The van der Waals surface area contributed by atoms with Gasteiger partial charge in [-0.25, -0.2) is 8.42 Å². The average molecular weight is 369 g/mol. The standard InChI is InChI=1S/C20H19NO4S/c1-14-10-15(2)12-16(11-14)21-20(22)19-9-8-17(25-19)13-26(23,24)18-6-4-3-5-7-18/h3-12H,13H2,1-2H3,(H,21,22). The fourth-order valence-electron chi connectivity index (χ4n) is 2.72. The van der Waals surface area contributed by atoms with E-state index in [1.54, 1.807) is 18.2 Å². The molecule has 0 radical (unpaired) electrons. The van der Waals surface area contributed by atoms with E-state index in [-0.39, 0.29) is 22.2 Å². The second kappa shape index (κ2) is 7.17. The third-order valence-electron chi connectivity index (χ3n) is 3.80. The lowest BCUT2D eigenvalue weighted by molar-refractivity contribution is 0.0995. The van der Waals surface area contributed by atoms with E-state index in [0.717, 1.165) is 11.1 Å². The molecular weight excluding hydrogens is 350 g/mol. The molecule has 6 heteroatoms. The Morgan fingerprint density at radius 2 is 1.62 bits per heavy atom. The molecule has 1 aromatic heterocycles. The fourth-order valence-corrected chi connectivity index (χ4v) is 3.98. The van der Waals surface area contributed by atoms with Crippen molar-refractivity contribution in [1.82, 2.24) is 0 Å². The molecule has 5 nitrogen and oxygen atoms in total. The van der Waals surface area contributed by atoms with Gasteiger partial charge >= 0.3 is 0 Å². The zero-order chi connectivity index (χ0) is 18.7. The van der Waals surface area contributed by atoms with Crippen molar-refractivity contribution in [1.29, 1.82) is 0 Å². The van der Waals surface area contributed by atoms with Crippen molar-refractivity contribution in [3.05, 3.63) is 83.3 Å². The van der Waals surface area contributed by atoms with E-state index < -0.39 is 15.7 Å². The third-order valence-corrected chi connectivity index (χ3v) is 5.45. The van der Waals surface area contributed by atoms with Crippen molar-refractivity contribution in [2.24, 2.45) is 0 Å². The van der Waals surface area contributed by atoms with Crippen molar-refractivity contribution in [2.45, 2.75) is 24.5 Å². The third kappa shape index (κ3) is 4.21. The molecule has 0 aliphatic heterocycles. The molecule has 0 saturated heterocycles. The van der Waals surface area contributed by atoms with E-state index >= 15 is 0 Å². The minimum absolute atomic E-state index is 0.0717. The maximum absolute atomic E-state index is 12.4. The Hall–Kier alpha value is -2.86. The molecule has 1 heterocycles. The van der Waals surface area contributed by atoms with Gasteiger partial charge in [-0.05, 0) is 61.4 Å². The molecule has 134 valence electrons. The molecule has 0 unspecified atom stereocenters. The van der Waals surface area contributed by atoms with E-state index in [1.165, 1.54) is 24.3 Å². The number of anilines is 1. The summed E-state index contributed by atoms with van der Waals surface area (Å²) in [5.74, 6) is -0.423. The minimum atomic E-state index is -3.52. The zero-order valence-corrected chi connectivity index (χ0v) is 15.3. The minimum Gasteiger partial charge on any atom is -0.455 e. The maximum atomic E-state index is 12.4. The van der Waals surface area contributed by atoms with Crippen LogP contribution in [0.4, 0.5) is 5.69 Å². The molecule has 26 heavy (non-hydrogen) atoms. The van der Waals surface area contributed by atoms with Gasteiger partial charge in [0.1, 0.15) is 11.5 Å². The molecule has 1 amide bonds. The van der Waals surface area contributed by atoms with Gasteiger partial charge in [-0.2, -0.15) is 0 Å². The molecule has 0 saturated carbocycles. The Morgan fingerprint density at radius 1 is 0.962 bits per heavy atom. The van der Waals surface area contributed by atoms with Gasteiger partial charge in [0, 0.05) is 5.69 Å². The summed E-state index contributed by atoms with van der Waals surface area (Å²) in [4.78, 5) is 12.6. The van der Waals surface area contributed by atoms with Crippen LogP contribution in [0.1, 0.15) is 27.4 Å². The van der Waals surface area contributed by atoms with Crippen molar-refractivity contribution >= 4 is 21.4 Å². The summed E-state index contributed by atoms with van der Waals surface area (Å²) in [6.07, 6.45) is 0. The number of amides is 1. The number of sulfone groups is 1. The first-order chi connectivity index (χ1) is 12.3. The van der Waals surface area contributed by atoms with Gasteiger partial charge in [0.05, 0.1) is 4.90 Å². The van der Waals surface area contributed by atoms with Crippen molar-refractivity contribution in [3.8, 4) is 0 Å². The Bertz CT molecular complexity index is 1020. The number of hydrogen-bond donors (Lipinski definition) is 1. The van der Waals surface area contributed by atoms with Gasteiger partial charge in [0.15, 0.2) is 15.6 Å². The first kappa shape index (κ1) is 17.9. The van der Waals surface area contributed by atoms with Crippen LogP contribution >= 0.6 is 0 Å². The van der Waals surface area contributed by atoms with Crippen molar-refractivity contribution in [3.63, 3.8) is 0 Å². The molecule has 0 bridgehead atoms. The quantitative estimate of drug-likeness (QED) is 0.734. The van der Waals surface area contributed by atoms with Gasteiger partial charge < -0.3 is 9.73 Å². The Morgan fingerprint density at radius 3 is 2.27 bits per heavy atom. The Labute approximate surface area is 152 Å². The second-order valence-corrected chi connectivity index (χ2v) is 8.16. The number of benzene rings is 2. The van der Waals surface area contributed by atoms with Crippen LogP contribution in [0.3, 0.4) is 0 Å². The number of carbonyl (C=O) groups is 1. The molecule has 3 aromatic rings. The second-order valence-electron chi connectivity index (χ2n) is 6.17. The molecule has 3 rings (SSSR count). The molecule has 0 aliphatic rings. The smallest absolute Gasteiger partial charge is 0.291 e. The SMILES string of the molecule is Cc1cc(C)cc(NC(=O)c2ccc(CS(=O)(=O)c3ccccc3)o2)c1. The van der Waals surface area contributed by atoms with Crippen LogP contribution < -0.4 is 5.32 Å². The van der Waals surface area contributed by atoms with Crippen molar-refractivity contribution < 1.29 is 17.6 Å². The van der Waals surface area contributed by atoms with E-state index in [4.69, 9.17) is 4.42 Å². The highest BCUT2D eigenvalue weighted by molar-refractivity contribution is 7.90. The van der Waals surface area contributed by atoms with Crippen LogP contribution in [0.5, 0.6) is 0 Å². The first-order valence-corrected chi connectivity index (χ1v) is 9.75. The van der Waals surface area contributed by atoms with Crippen LogP contribution in [-0.4, -0.2) is 14.3 Å². The van der Waals surface area contributed by atoms with Gasteiger partial charge in [0.25, 0.3) is 5.91 Å². The highest BCUT2D eigenvalue weighted by atomic mass is 32.2. The number of rotatable bonds is 5. The number of hydrogen-bond acceptors (Lipinski definition) is 4. The largest absolute Gasteiger partial charge is 0.455 e. The lowest BCUT2D eigenvalue weighted by atomic mass is 10.1. The number of furan rings is 1. The summed E-state index contributed by atoms with van der Waals surface area (Å²) in [7, 11) is -3.52. The topological polar surface area (TPSA) is 76.4 Å². The van der Waals surface area contributed by atoms with E-state index in [0.29, 0.717) is 5.69 Å². The van der Waals surface area contributed by atoms with Gasteiger partial charge in [-0.15, -0.1) is 0 Å². The monoisotopic (exact) mass is 369 g/mol. The summed E-state index contributed by atoms with van der Waals surface area (Å²) < 4.78 is 30.2. The molecule has 2 aromatic carbocycles. The van der Waals surface area contributed by atoms with Crippen LogP contribution in [0, 0.1) is 13.8 Å². The normalized spacial score (nSPS) is 11.3. The van der Waals surface area contributed by atoms with E-state index in [1.807, 2.05) is 32.0 Å². The molecular formula is C20H19NO4S. The molecule has 1 N–H and O–H groups in total. The highest BCUT2D eigenvalue weighted by Gasteiger charge is 2.19. The zero-order valence-electron chi connectivity index (χ0n) is 14.5. The molecule has 0 fully saturated rings. The van der Waals surface area contributed by atoms with Gasteiger partial charge in [-0.3, -0.25) is 4.79 Å². The Kier molecular flexibility index (Phi) is 4.95. The predicted molar refractivity (Wildman–Crippen MR) is 99.9 cm³/mol. The van der Waals surface area contributed by atoms with Gasteiger partial charge in [-0.1, -0.05) is 24.3 Å². The number of aryl methyl sites for hydroxylation is 2. The number of nitrogens with one attached hydrogen (secondary N) is 1. The summed E-state index contributed by atoms with van der Waals surface area (Å²) in [5, 5.41) is 2.77. The Balaban J connectivity index is 1.74. The van der Waals surface area contributed by atoms with Crippen LogP contribution in [0.25, 0.3) is 0 Å². The maximum Gasteiger partial charge on any atom is 0.291 e. The molecule has 0 atom stereocenters.